The fourth-order valence-corrected chi connectivity index (χ4v) is 2.37. The Hall–Kier alpha value is -0.890. The molecule has 82 valence electrons. The van der Waals surface area contributed by atoms with E-state index in [1.54, 1.807) is 6.07 Å². The molecule has 0 amide bonds. The number of rotatable bonds is 2. The van der Waals surface area contributed by atoms with Crippen LogP contribution in [0.5, 0.6) is 0 Å². The average Bonchev–Trinajstić information content (AvgIpc) is 2.66. The summed E-state index contributed by atoms with van der Waals surface area (Å²) in [5.41, 5.74) is 0.697. The van der Waals surface area contributed by atoms with Crippen molar-refractivity contribution in [1.82, 2.24) is 0 Å². The first-order valence-corrected chi connectivity index (χ1v) is 5.67. The van der Waals surface area contributed by atoms with Crippen molar-refractivity contribution in [3.8, 4) is 0 Å². The van der Waals surface area contributed by atoms with Gasteiger partial charge in [0, 0.05) is 0 Å². The summed E-state index contributed by atoms with van der Waals surface area (Å²) in [6.45, 7) is 1.93. The number of aliphatic hydroxyl groups is 1. The molecule has 1 aliphatic rings. The highest BCUT2D eigenvalue weighted by Crippen LogP contribution is 2.38. The van der Waals surface area contributed by atoms with Gasteiger partial charge < -0.3 is 5.11 Å². The van der Waals surface area contributed by atoms with Gasteiger partial charge in [-0.05, 0) is 36.5 Å². The molecule has 0 heterocycles. The highest BCUT2D eigenvalue weighted by molar-refractivity contribution is 5.29. The summed E-state index contributed by atoms with van der Waals surface area (Å²) >= 11 is 0. The molecule has 0 aliphatic heterocycles. The number of hydrogen-bond donors (Lipinski definition) is 1. The molecule has 0 aromatic heterocycles. The lowest BCUT2D eigenvalue weighted by atomic mass is 9.91. The Bertz CT molecular complexity index is 354. The molecule has 1 aliphatic carbocycles. The van der Waals surface area contributed by atoms with Gasteiger partial charge in [-0.25, -0.2) is 4.39 Å². The van der Waals surface area contributed by atoms with Crippen LogP contribution in [0.15, 0.2) is 18.2 Å². The van der Waals surface area contributed by atoms with Crippen LogP contribution in [0.25, 0.3) is 0 Å². The predicted octanol–water partition coefficient (Wildman–Crippen LogP) is 3.15. The van der Waals surface area contributed by atoms with E-state index in [4.69, 9.17) is 0 Å². The predicted molar refractivity (Wildman–Crippen MR) is 58.1 cm³/mol. The highest BCUT2D eigenvalue weighted by Gasteiger charge is 2.33. The van der Waals surface area contributed by atoms with Gasteiger partial charge in [0.15, 0.2) is 0 Å². The first-order valence-electron chi connectivity index (χ1n) is 5.67. The second-order valence-corrected chi connectivity index (χ2v) is 4.40. The van der Waals surface area contributed by atoms with E-state index in [2.05, 4.69) is 0 Å². The van der Waals surface area contributed by atoms with E-state index in [9.17, 15) is 9.50 Å². The maximum Gasteiger partial charge on any atom is 0.126 e. The van der Waals surface area contributed by atoms with Crippen LogP contribution in [0.4, 0.5) is 4.39 Å². The van der Waals surface area contributed by atoms with Gasteiger partial charge in [0.2, 0.25) is 0 Å². The molecule has 0 saturated heterocycles. The lowest BCUT2D eigenvalue weighted by Crippen LogP contribution is -2.21. The quantitative estimate of drug-likeness (QED) is 0.791. The van der Waals surface area contributed by atoms with Crippen LogP contribution in [0.2, 0.25) is 0 Å². The number of aryl methyl sites for hydroxylation is 1. The van der Waals surface area contributed by atoms with Crippen molar-refractivity contribution >= 4 is 0 Å². The third-order valence-electron chi connectivity index (χ3n) is 3.40. The Kier molecular flexibility index (Phi) is 2.79. The van der Waals surface area contributed by atoms with Crippen LogP contribution in [0.1, 0.15) is 43.7 Å². The second-order valence-electron chi connectivity index (χ2n) is 4.40. The molecule has 1 saturated carbocycles. The van der Waals surface area contributed by atoms with Gasteiger partial charge in [-0.2, -0.15) is 0 Å². The third kappa shape index (κ3) is 1.91. The Morgan fingerprint density at radius 2 is 2.00 bits per heavy atom. The van der Waals surface area contributed by atoms with Gasteiger partial charge in [0.25, 0.3) is 0 Å². The minimum Gasteiger partial charge on any atom is -0.385 e. The summed E-state index contributed by atoms with van der Waals surface area (Å²) in [4.78, 5) is 0. The maximum absolute atomic E-state index is 13.6. The maximum atomic E-state index is 13.6. The number of halogens is 1. The normalized spacial score (nSPS) is 19.4. The number of benzene rings is 1. The van der Waals surface area contributed by atoms with E-state index in [-0.39, 0.29) is 5.82 Å². The number of hydrogen-bond acceptors (Lipinski definition) is 1. The minimum atomic E-state index is -0.771. The molecule has 1 aromatic carbocycles. The summed E-state index contributed by atoms with van der Waals surface area (Å²) in [6.07, 6.45) is 4.29. The SMILES string of the molecule is CCc1ccc(C2(O)CCCC2)cc1F. The van der Waals surface area contributed by atoms with Crippen LogP contribution >= 0.6 is 0 Å². The van der Waals surface area contributed by atoms with Crippen molar-refractivity contribution in [3.63, 3.8) is 0 Å². The summed E-state index contributed by atoms with van der Waals surface area (Å²) in [7, 11) is 0. The third-order valence-corrected chi connectivity index (χ3v) is 3.40. The van der Waals surface area contributed by atoms with Gasteiger partial charge >= 0.3 is 0 Å². The van der Waals surface area contributed by atoms with Gasteiger partial charge in [-0.3, -0.25) is 0 Å². The lowest BCUT2D eigenvalue weighted by Gasteiger charge is -2.23. The zero-order chi connectivity index (χ0) is 10.9. The lowest BCUT2D eigenvalue weighted by molar-refractivity contribution is 0.0441. The van der Waals surface area contributed by atoms with Crippen molar-refractivity contribution in [2.24, 2.45) is 0 Å². The largest absolute Gasteiger partial charge is 0.385 e. The first kappa shape index (κ1) is 10.6. The van der Waals surface area contributed by atoms with Crippen molar-refractivity contribution in [2.75, 3.05) is 0 Å². The molecule has 1 aromatic rings. The molecular formula is C13H17FO. The van der Waals surface area contributed by atoms with Crippen LogP contribution in [0.3, 0.4) is 0 Å². The fraction of sp³-hybridized carbons (Fsp3) is 0.538. The van der Waals surface area contributed by atoms with Crippen molar-refractivity contribution in [2.45, 2.75) is 44.6 Å². The van der Waals surface area contributed by atoms with Gasteiger partial charge in [-0.15, -0.1) is 0 Å². The molecule has 0 bridgehead atoms. The molecule has 1 nitrogen and oxygen atoms in total. The Balaban J connectivity index is 2.33. The van der Waals surface area contributed by atoms with Crippen molar-refractivity contribution < 1.29 is 9.50 Å². The topological polar surface area (TPSA) is 20.2 Å². The summed E-state index contributed by atoms with van der Waals surface area (Å²) in [6, 6.07) is 5.17. The van der Waals surface area contributed by atoms with E-state index in [0.717, 1.165) is 36.8 Å². The van der Waals surface area contributed by atoms with E-state index >= 15 is 0 Å². The second kappa shape index (κ2) is 3.93. The average molecular weight is 208 g/mol. The molecular weight excluding hydrogens is 191 g/mol. The molecule has 0 spiro atoms. The first-order chi connectivity index (χ1) is 7.15. The molecule has 2 heteroatoms. The van der Waals surface area contributed by atoms with E-state index < -0.39 is 5.60 Å². The molecule has 1 fully saturated rings. The fourth-order valence-electron chi connectivity index (χ4n) is 2.37. The summed E-state index contributed by atoms with van der Waals surface area (Å²) in [5.74, 6) is -0.185. The zero-order valence-corrected chi connectivity index (χ0v) is 9.09. The Morgan fingerprint density at radius 3 is 2.53 bits per heavy atom. The molecule has 0 atom stereocenters. The molecule has 15 heavy (non-hydrogen) atoms. The van der Waals surface area contributed by atoms with Gasteiger partial charge in [-0.1, -0.05) is 31.9 Å². The molecule has 1 N–H and O–H groups in total. The standard InChI is InChI=1S/C13H17FO/c1-2-10-5-6-11(9-12(10)14)13(15)7-3-4-8-13/h5-6,9,15H,2-4,7-8H2,1H3. The Labute approximate surface area is 89.9 Å². The summed E-state index contributed by atoms with van der Waals surface area (Å²) in [5, 5.41) is 10.3. The highest BCUT2D eigenvalue weighted by atomic mass is 19.1. The van der Waals surface area contributed by atoms with Crippen LogP contribution < -0.4 is 0 Å². The van der Waals surface area contributed by atoms with Gasteiger partial charge in [0.05, 0.1) is 5.60 Å². The van der Waals surface area contributed by atoms with E-state index in [1.165, 1.54) is 6.07 Å². The van der Waals surface area contributed by atoms with E-state index in [1.807, 2.05) is 13.0 Å². The van der Waals surface area contributed by atoms with Crippen molar-refractivity contribution in [3.05, 3.63) is 35.1 Å². The molecule has 2 rings (SSSR count). The molecule has 0 unspecified atom stereocenters. The van der Waals surface area contributed by atoms with Crippen LogP contribution in [0, 0.1) is 5.82 Å². The Morgan fingerprint density at radius 1 is 1.33 bits per heavy atom. The minimum absolute atomic E-state index is 0.185. The zero-order valence-electron chi connectivity index (χ0n) is 9.09. The monoisotopic (exact) mass is 208 g/mol. The van der Waals surface area contributed by atoms with E-state index in [0.29, 0.717) is 6.42 Å². The van der Waals surface area contributed by atoms with Crippen LogP contribution in [-0.2, 0) is 12.0 Å². The molecule has 0 radical (unpaired) electrons. The summed E-state index contributed by atoms with van der Waals surface area (Å²) < 4.78 is 13.6. The van der Waals surface area contributed by atoms with Gasteiger partial charge in [0.1, 0.15) is 5.82 Å². The van der Waals surface area contributed by atoms with Crippen LogP contribution in [-0.4, -0.2) is 5.11 Å². The smallest absolute Gasteiger partial charge is 0.126 e. The van der Waals surface area contributed by atoms with Crippen molar-refractivity contribution in [1.29, 1.82) is 0 Å².